The van der Waals surface area contributed by atoms with Crippen LogP contribution in [0.25, 0.3) is 0 Å². The van der Waals surface area contributed by atoms with Gasteiger partial charge in [-0.25, -0.2) is 0 Å². The Morgan fingerprint density at radius 3 is 2.32 bits per heavy atom. The number of amides is 3. The fourth-order valence-corrected chi connectivity index (χ4v) is 6.70. The number of aliphatic hydroxyl groups excluding tert-OH is 1. The van der Waals surface area contributed by atoms with Crippen molar-refractivity contribution < 1.29 is 34.1 Å². The lowest BCUT2D eigenvalue weighted by Crippen LogP contribution is -2.46. The van der Waals surface area contributed by atoms with Crippen molar-refractivity contribution in [2.75, 3.05) is 31.0 Å². The first-order valence-electron chi connectivity index (χ1n) is 16.6. The molecule has 0 saturated carbocycles. The van der Waals surface area contributed by atoms with Crippen LogP contribution in [0, 0.1) is 5.92 Å². The number of ether oxygens (including phenoxy) is 2. The Morgan fingerprint density at radius 2 is 1.64 bits per heavy atom. The molecule has 4 aromatic carbocycles. The molecular weight excluding hydrogens is 634 g/mol. The van der Waals surface area contributed by atoms with Crippen molar-refractivity contribution in [3.05, 3.63) is 131 Å². The fraction of sp³-hybridized carbons (Fsp3) is 0.275. The molecule has 0 aromatic heterocycles. The summed E-state index contributed by atoms with van der Waals surface area (Å²) in [5.41, 5.74) is 3.14. The van der Waals surface area contributed by atoms with Gasteiger partial charge in [0.25, 0.3) is 11.8 Å². The summed E-state index contributed by atoms with van der Waals surface area (Å²) in [5.74, 6) is -0.425. The van der Waals surface area contributed by atoms with E-state index in [0.717, 1.165) is 16.7 Å². The lowest BCUT2D eigenvalue weighted by molar-refractivity contribution is -0.139. The van der Waals surface area contributed by atoms with Crippen LogP contribution in [-0.4, -0.2) is 59.7 Å². The summed E-state index contributed by atoms with van der Waals surface area (Å²) in [6.45, 7) is 2.22. The molecule has 50 heavy (non-hydrogen) atoms. The van der Waals surface area contributed by atoms with E-state index in [1.807, 2.05) is 36.4 Å². The first kappa shape index (κ1) is 34.4. The Labute approximate surface area is 291 Å². The number of carbonyl (C=O) groups is 3. The van der Waals surface area contributed by atoms with Gasteiger partial charge in [-0.3, -0.25) is 14.4 Å². The van der Waals surface area contributed by atoms with Gasteiger partial charge in [0.05, 0.1) is 39.1 Å². The average Bonchev–Trinajstić information content (AvgIpc) is 3.36. The van der Waals surface area contributed by atoms with Crippen LogP contribution >= 0.6 is 0 Å². The lowest BCUT2D eigenvalue weighted by Gasteiger charge is -2.36. The third-order valence-corrected chi connectivity index (χ3v) is 9.64. The van der Waals surface area contributed by atoms with Crippen molar-refractivity contribution in [3.8, 4) is 11.5 Å². The number of aliphatic hydroxyl groups is 2. The van der Waals surface area contributed by atoms with Gasteiger partial charge in [0.15, 0.2) is 5.60 Å². The molecule has 3 amide bonds. The molecule has 0 radical (unpaired) electrons. The van der Waals surface area contributed by atoms with Crippen molar-refractivity contribution in [2.45, 2.75) is 44.5 Å². The van der Waals surface area contributed by atoms with Crippen LogP contribution < -0.4 is 19.7 Å². The van der Waals surface area contributed by atoms with Crippen molar-refractivity contribution in [3.63, 3.8) is 0 Å². The number of hydrogen-bond donors (Lipinski definition) is 3. The number of anilines is 2. The minimum atomic E-state index is -1.91. The number of hydrogen-bond acceptors (Lipinski definition) is 7. The van der Waals surface area contributed by atoms with E-state index in [1.165, 1.54) is 7.11 Å². The number of methoxy groups -OCH3 is 2. The molecule has 0 bridgehead atoms. The van der Waals surface area contributed by atoms with E-state index < -0.39 is 17.4 Å². The lowest BCUT2D eigenvalue weighted by atomic mass is 9.82. The highest BCUT2D eigenvalue weighted by atomic mass is 16.5. The van der Waals surface area contributed by atoms with E-state index >= 15 is 0 Å². The SMILES string of the molecule is COc1ccc(C(=O)Nc2ccc(CN3C(=O)[C@](O)([C@H](C)/C=C/CC(=O)N4Cc5ccccc5C[C@H]4CO)c4cc(OC)ccc43)cc2)cc1. The number of nitrogens with one attached hydrogen (secondary N) is 1. The minimum absolute atomic E-state index is 0.0588. The molecule has 10 nitrogen and oxygen atoms in total. The van der Waals surface area contributed by atoms with Gasteiger partial charge in [-0.15, -0.1) is 0 Å². The quantitative estimate of drug-likeness (QED) is 0.186. The third-order valence-electron chi connectivity index (χ3n) is 9.64. The fourth-order valence-electron chi connectivity index (χ4n) is 6.70. The Hall–Kier alpha value is -5.45. The smallest absolute Gasteiger partial charge is 0.264 e. The molecule has 0 saturated heterocycles. The Balaban J connectivity index is 1.16. The second-order valence-corrected chi connectivity index (χ2v) is 12.7. The first-order valence-corrected chi connectivity index (χ1v) is 16.6. The molecule has 10 heteroatoms. The summed E-state index contributed by atoms with van der Waals surface area (Å²) in [6.07, 6.45) is 4.04. The molecule has 2 aliphatic heterocycles. The first-order chi connectivity index (χ1) is 24.2. The van der Waals surface area contributed by atoms with Gasteiger partial charge >= 0.3 is 0 Å². The molecule has 258 valence electrons. The highest BCUT2D eigenvalue weighted by molar-refractivity contribution is 6.07. The summed E-state index contributed by atoms with van der Waals surface area (Å²) in [6, 6.07) is 26.8. The number of nitrogens with zero attached hydrogens (tertiary/aromatic N) is 2. The van der Waals surface area contributed by atoms with Gasteiger partial charge in [0.1, 0.15) is 11.5 Å². The van der Waals surface area contributed by atoms with Crippen molar-refractivity contribution >= 4 is 29.1 Å². The topological polar surface area (TPSA) is 129 Å². The van der Waals surface area contributed by atoms with Gasteiger partial charge < -0.3 is 34.8 Å². The summed E-state index contributed by atoms with van der Waals surface area (Å²) in [4.78, 5) is 43.4. The molecule has 3 atom stereocenters. The molecule has 0 spiro atoms. The Morgan fingerprint density at radius 1 is 0.960 bits per heavy atom. The zero-order chi connectivity index (χ0) is 35.4. The maximum absolute atomic E-state index is 14.1. The summed E-state index contributed by atoms with van der Waals surface area (Å²) in [5, 5.41) is 25.0. The molecule has 0 aliphatic carbocycles. The summed E-state index contributed by atoms with van der Waals surface area (Å²) in [7, 11) is 3.09. The van der Waals surface area contributed by atoms with E-state index in [9.17, 15) is 24.6 Å². The van der Waals surface area contributed by atoms with Gasteiger partial charge in [-0.1, -0.05) is 55.5 Å². The van der Waals surface area contributed by atoms with E-state index in [2.05, 4.69) is 5.32 Å². The Bertz CT molecular complexity index is 1910. The monoisotopic (exact) mass is 675 g/mol. The van der Waals surface area contributed by atoms with Crippen molar-refractivity contribution in [2.24, 2.45) is 5.92 Å². The van der Waals surface area contributed by atoms with Crippen LogP contribution in [0.15, 0.2) is 103 Å². The van der Waals surface area contributed by atoms with Crippen LogP contribution in [0.2, 0.25) is 0 Å². The molecule has 3 N–H and O–H groups in total. The van der Waals surface area contributed by atoms with Crippen LogP contribution in [0.1, 0.15) is 46.0 Å². The van der Waals surface area contributed by atoms with E-state index in [4.69, 9.17) is 9.47 Å². The van der Waals surface area contributed by atoms with E-state index in [0.29, 0.717) is 47.0 Å². The number of benzene rings is 4. The van der Waals surface area contributed by atoms with Gasteiger partial charge in [0.2, 0.25) is 5.91 Å². The average molecular weight is 676 g/mol. The molecule has 6 rings (SSSR count). The molecule has 0 fully saturated rings. The molecule has 4 aromatic rings. The highest BCUT2D eigenvalue weighted by Gasteiger charge is 2.52. The predicted molar refractivity (Wildman–Crippen MR) is 190 cm³/mol. The molecule has 2 aliphatic rings. The summed E-state index contributed by atoms with van der Waals surface area (Å²) < 4.78 is 10.6. The van der Waals surface area contributed by atoms with Crippen LogP contribution in [0.4, 0.5) is 11.4 Å². The highest BCUT2D eigenvalue weighted by Crippen LogP contribution is 2.47. The Kier molecular flexibility index (Phi) is 10.0. The largest absolute Gasteiger partial charge is 0.497 e. The molecule has 0 unspecified atom stereocenters. The second kappa shape index (κ2) is 14.6. The van der Waals surface area contributed by atoms with Crippen LogP contribution in [0.5, 0.6) is 11.5 Å². The maximum atomic E-state index is 14.1. The maximum Gasteiger partial charge on any atom is 0.264 e. The number of carbonyl (C=O) groups excluding carboxylic acids is 3. The van der Waals surface area contributed by atoms with Crippen molar-refractivity contribution in [1.82, 2.24) is 4.90 Å². The zero-order valence-electron chi connectivity index (χ0n) is 28.3. The zero-order valence-corrected chi connectivity index (χ0v) is 28.3. The normalized spacial score (nSPS) is 18.8. The van der Waals surface area contributed by atoms with E-state index in [-0.39, 0.29) is 37.4 Å². The number of fused-ring (bicyclic) bond motifs is 2. The second-order valence-electron chi connectivity index (χ2n) is 12.7. The minimum Gasteiger partial charge on any atom is -0.497 e. The van der Waals surface area contributed by atoms with Crippen LogP contribution in [0.3, 0.4) is 0 Å². The third kappa shape index (κ3) is 6.72. The van der Waals surface area contributed by atoms with Gasteiger partial charge in [-0.05, 0) is 77.7 Å². The number of rotatable bonds is 11. The van der Waals surface area contributed by atoms with Crippen molar-refractivity contribution in [1.29, 1.82) is 0 Å². The molecular formula is C40H41N3O7. The van der Waals surface area contributed by atoms with Crippen LogP contribution in [-0.2, 0) is 34.7 Å². The summed E-state index contributed by atoms with van der Waals surface area (Å²) >= 11 is 0. The van der Waals surface area contributed by atoms with Gasteiger partial charge in [0, 0.05) is 35.7 Å². The van der Waals surface area contributed by atoms with Gasteiger partial charge in [-0.2, -0.15) is 0 Å². The predicted octanol–water partition coefficient (Wildman–Crippen LogP) is 5.22. The van der Waals surface area contributed by atoms with E-state index in [1.54, 1.807) is 90.6 Å². The molecule has 2 heterocycles. The standard InChI is InChI=1S/C40H41N3O7/c1-26(7-6-10-37(45)42-24-30-9-5-4-8-29(30)21-32(42)25-44)40(48)35-22-34(50-3)19-20-36(35)43(39(40)47)23-27-11-15-31(16-12-27)41-38(46)28-13-17-33(49-2)18-14-28/h4-9,11-20,22,26,32,44,48H,10,21,23-25H2,1-3H3,(H,41,46)/b7-6+/t26-,32+,40+/m1/s1.